The molecule has 1 aromatic rings. The number of carbonyl (C=O) groups excluding carboxylic acids is 3. The summed E-state index contributed by atoms with van der Waals surface area (Å²) in [5.74, 6) is -0.152. The number of amides is 2. The maximum atomic E-state index is 14.6. The summed E-state index contributed by atoms with van der Waals surface area (Å²) in [5.41, 5.74) is 0.250. The van der Waals surface area contributed by atoms with E-state index in [1.54, 1.807) is 12.3 Å². The van der Waals surface area contributed by atoms with E-state index in [-0.39, 0.29) is 48.0 Å². The number of likely N-dealkylation sites (tertiary alicyclic amines) is 1. The highest BCUT2D eigenvalue weighted by atomic mass is 32.1. The van der Waals surface area contributed by atoms with E-state index in [2.05, 4.69) is 67.1 Å². The summed E-state index contributed by atoms with van der Waals surface area (Å²) in [6.07, 6.45) is 9.33. The van der Waals surface area contributed by atoms with Crippen molar-refractivity contribution in [3.63, 3.8) is 0 Å². The molecule has 1 aliphatic rings. The van der Waals surface area contributed by atoms with Gasteiger partial charge in [-0.1, -0.05) is 66.7 Å². The molecule has 0 aliphatic carbocycles. The lowest BCUT2D eigenvalue weighted by molar-refractivity contribution is -0.138. The first-order valence-electron chi connectivity index (χ1n) is 16.7. The zero-order chi connectivity index (χ0) is 31.9. The molecule has 0 aromatic carbocycles. The highest BCUT2D eigenvalue weighted by Gasteiger charge is 2.36. The van der Waals surface area contributed by atoms with Crippen molar-refractivity contribution in [2.24, 2.45) is 11.8 Å². The van der Waals surface area contributed by atoms with E-state index in [1.165, 1.54) is 31.1 Å². The van der Waals surface area contributed by atoms with Crippen LogP contribution in [0.5, 0.6) is 0 Å². The van der Waals surface area contributed by atoms with Crippen molar-refractivity contribution in [3.05, 3.63) is 16.1 Å². The number of likely N-dealkylation sites (N-methyl/N-ethyl adjacent to an activating group) is 1. The first-order valence-corrected chi connectivity index (χ1v) is 17.5. The van der Waals surface area contributed by atoms with Crippen molar-refractivity contribution in [2.45, 2.75) is 130 Å². The number of ether oxygens (including phenoxy) is 1. The van der Waals surface area contributed by atoms with Crippen molar-refractivity contribution >= 4 is 29.1 Å². The normalized spacial score (nSPS) is 18.6. The molecule has 1 aliphatic heterocycles. The van der Waals surface area contributed by atoms with Crippen LogP contribution < -0.4 is 10.6 Å². The monoisotopic (exact) mass is 621 g/mol. The Morgan fingerprint density at radius 2 is 1.88 bits per heavy atom. The molecule has 43 heavy (non-hydrogen) atoms. The second-order valence-electron chi connectivity index (χ2n) is 12.6. The average Bonchev–Trinajstić information content (AvgIpc) is 3.47. The first kappa shape index (κ1) is 37.1. The molecule has 0 bridgehead atoms. The Balaban J connectivity index is 2.39. The minimum atomic E-state index is -0.467. The molecule has 0 radical (unpaired) electrons. The molecular weight excluding hydrogens is 562 g/mol. The summed E-state index contributed by atoms with van der Waals surface area (Å²) in [5, 5.41) is 9.13. The topological polar surface area (TPSA) is 104 Å². The van der Waals surface area contributed by atoms with Gasteiger partial charge in [0.2, 0.25) is 11.8 Å². The lowest BCUT2D eigenvalue weighted by Gasteiger charge is -2.40. The number of nitrogens with zero attached hydrogens (tertiary/aromatic N) is 3. The van der Waals surface area contributed by atoms with Crippen molar-refractivity contribution in [1.29, 1.82) is 0 Å². The largest absolute Gasteiger partial charge is 0.461 e. The molecular formula is C33H59N5O4S. The minimum Gasteiger partial charge on any atom is -0.461 e. The Morgan fingerprint density at radius 1 is 1.14 bits per heavy atom. The van der Waals surface area contributed by atoms with Gasteiger partial charge in [-0.05, 0) is 58.0 Å². The number of thiazole rings is 1. The predicted octanol–water partition coefficient (Wildman–Crippen LogP) is 5.81. The zero-order valence-electron chi connectivity index (χ0n) is 28.1. The van der Waals surface area contributed by atoms with Gasteiger partial charge in [-0.15, -0.1) is 11.3 Å². The molecule has 2 N–H and O–H groups in total. The van der Waals surface area contributed by atoms with Crippen LogP contribution in [0.25, 0.3) is 0 Å². The van der Waals surface area contributed by atoms with Crippen LogP contribution in [0.2, 0.25) is 0 Å². The van der Waals surface area contributed by atoms with Gasteiger partial charge in [0.1, 0.15) is 5.01 Å². The lowest BCUT2D eigenvalue weighted by atomic mass is 9.91. The summed E-state index contributed by atoms with van der Waals surface area (Å²) in [6, 6.07) is -0.376. The van der Waals surface area contributed by atoms with E-state index >= 15 is 0 Å². The second-order valence-corrected chi connectivity index (χ2v) is 13.5. The quantitative estimate of drug-likeness (QED) is 0.148. The Hall–Kier alpha value is -2.04. The third-order valence-corrected chi connectivity index (χ3v) is 9.80. The predicted molar refractivity (Wildman–Crippen MR) is 175 cm³/mol. The molecule has 1 unspecified atom stereocenters. The Kier molecular flexibility index (Phi) is 16.7. The van der Waals surface area contributed by atoms with Crippen LogP contribution >= 0.6 is 11.3 Å². The zero-order valence-corrected chi connectivity index (χ0v) is 28.9. The van der Waals surface area contributed by atoms with Gasteiger partial charge in [-0.3, -0.25) is 9.59 Å². The molecule has 1 saturated heterocycles. The number of nitrogens with one attached hydrogen (secondary N) is 2. The van der Waals surface area contributed by atoms with Crippen LogP contribution in [0.1, 0.15) is 128 Å². The van der Waals surface area contributed by atoms with Gasteiger partial charge < -0.3 is 25.2 Å². The SMILES string of the molecule is CCCCCCN(C(=O)[C@@H](NCC1CCCCN1C)[C@@H](C)CC)[C@H](C[C@@H](NC(C)=O)c1nc(C(=O)OCC)cs1)C(C)C. The summed E-state index contributed by atoms with van der Waals surface area (Å²) >= 11 is 1.34. The molecule has 0 saturated carbocycles. The van der Waals surface area contributed by atoms with Gasteiger partial charge in [-0.2, -0.15) is 0 Å². The van der Waals surface area contributed by atoms with E-state index in [0.717, 1.165) is 51.6 Å². The Morgan fingerprint density at radius 3 is 2.49 bits per heavy atom. The number of unbranched alkanes of at least 4 members (excludes halogenated alkanes) is 3. The van der Waals surface area contributed by atoms with E-state index in [9.17, 15) is 14.4 Å². The number of piperidine rings is 1. The molecule has 2 amide bonds. The maximum Gasteiger partial charge on any atom is 0.357 e. The number of rotatable bonds is 19. The summed E-state index contributed by atoms with van der Waals surface area (Å²) in [7, 11) is 2.19. The van der Waals surface area contributed by atoms with Crippen LogP contribution in [0, 0.1) is 11.8 Å². The van der Waals surface area contributed by atoms with Crippen LogP contribution in [0.3, 0.4) is 0 Å². The highest BCUT2D eigenvalue weighted by molar-refractivity contribution is 7.09. The van der Waals surface area contributed by atoms with Crippen molar-refractivity contribution < 1.29 is 19.1 Å². The smallest absolute Gasteiger partial charge is 0.357 e. The fourth-order valence-corrected chi connectivity index (χ4v) is 6.83. The van der Waals surface area contributed by atoms with Gasteiger partial charge >= 0.3 is 5.97 Å². The van der Waals surface area contributed by atoms with Gasteiger partial charge in [0, 0.05) is 37.5 Å². The molecule has 10 heteroatoms. The van der Waals surface area contributed by atoms with Gasteiger partial charge in [0.25, 0.3) is 0 Å². The number of esters is 1. The Labute approximate surface area is 264 Å². The number of hydrogen-bond acceptors (Lipinski definition) is 8. The summed E-state index contributed by atoms with van der Waals surface area (Å²) in [4.78, 5) is 48.4. The number of aromatic nitrogens is 1. The molecule has 9 nitrogen and oxygen atoms in total. The van der Waals surface area contributed by atoms with E-state index in [1.807, 2.05) is 0 Å². The lowest BCUT2D eigenvalue weighted by Crippen LogP contribution is -2.57. The molecule has 1 fully saturated rings. The number of carbonyl (C=O) groups is 3. The molecule has 5 atom stereocenters. The van der Waals surface area contributed by atoms with Gasteiger partial charge in [0.05, 0.1) is 18.7 Å². The molecule has 1 aromatic heterocycles. The molecule has 2 heterocycles. The van der Waals surface area contributed by atoms with E-state index in [4.69, 9.17) is 4.74 Å². The average molecular weight is 622 g/mol. The standard InChI is InChI=1S/C33H59N5O4S/c1-9-12-13-15-19-38(32(40)30(24(6)10-2)34-21-26-17-14-16-18-37(26)8)29(23(4)5)20-27(35-25(7)39)31-36-28(22-43-31)33(41)42-11-3/h22-24,26-27,29-30,34H,9-21H2,1-8H3,(H,35,39)/t24-,26?,27+,29+,30-/m0/s1. The third-order valence-electron chi connectivity index (χ3n) is 8.84. The fourth-order valence-electron chi connectivity index (χ4n) is 5.97. The van der Waals surface area contributed by atoms with Gasteiger partial charge in [-0.25, -0.2) is 9.78 Å². The highest BCUT2D eigenvalue weighted by Crippen LogP contribution is 2.29. The minimum absolute atomic E-state index is 0.119. The fraction of sp³-hybridized carbons (Fsp3) is 0.818. The third kappa shape index (κ3) is 11.8. The van der Waals surface area contributed by atoms with Crippen LogP contribution in [-0.2, 0) is 14.3 Å². The van der Waals surface area contributed by atoms with Crippen LogP contribution in [0.15, 0.2) is 5.38 Å². The van der Waals surface area contributed by atoms with E-state index in [0.29, 0.717) is 24.0 Å². The van der Waals surface area contributed by atoms with Gasteiger partial charge in [0.15, 0.2) is 5.69 Å². The maximum absolute atomic E-state index is 14.6. The molecule has 246 valence electrons. The molecule has 0 spiro atoms. The second kappa shape index (κ2) is 19.4. The summed E-state index contributed by atoms with van der Waals surface area (Å²) in [6.45, 7) is 16.9. The summed E-state index contributed by atoms with van der Waals surface area (Å²) < 4.78 is 5.14. The van der Waals surface area contributed by atoms with E-state index < -0.39 is 12.0 Å². The van der Waals surface area contributed by atoms with Crippen molar-refractivity contribution in [3.8, 4) is 0 Å². The van der Waals surface area contributed by atoms with Crippen molar-refractivity contribution in [2.75, 3.05) is 33.3 Å². The Bertz CT molecular complexity index is 986. The number of hydrogen-bond donors (Lipinski definition) is 2. The van der Waals surface area contributed by atoms with Crippen molar-refractivity contribution in [1.82, 2.24) is 25.4 Å². The van der Waals surface area contributed by atoms with Crippen LogP contribution in [0.4, 0.5) is 0 Å². The van der Waals surface area contributed by atoms with Crippen LogP contribution in [-0.4, -0.2) is 84.0 Å². The first-order chi connectivity index (χ1) is 20.5. The molecule has 2 rings (SSSR count).